The van der Waals surface area contributed by atoms with Gasteiger partial charge < -0.3 is 19.9 Å². The van der Waals surface area contributed by atoms with Crippen molar-refractivity contribution in [3.63, 3.8) is 0 Å². The molecule has 2 N–H and O–H groups in total. The number of hydrogen-bond donors (Lipinski definition) is 1. The minimum absolute atomic E-state index is 0.224. The van der Waals surface area contributed by atoms with Crippen LogP contribution < -0.4 is 15.2 Å². The van der Waals surface area contributed by atoms with Gasteiger partial charge in [-0.1, -0.05) is 6.07 Å². The molecule has 3 rings (SSSR count). The molecule has 1 fully saturated rings. The van der Waals surface area contributed by atoms with Crippen LogP contribution in [0.1, 0.15) is 29.8 Å². The number of likely N-dealkylation sites (N-methyl/N-ethyl adjacent to an activating group) is 1. The summed E-state index contributed by atoms with van der Waals surface area (Å²) in [7, 11) is 1.63. The molecule has 184 valence electrons. The number of carbonyl (C=O) groups is 3. The number of hydrogen-bond acceptors (Lipinski definition) is 8. The molecule has 2 aromatic rings. The van der Waals surface area contributed by atoms with Crippen molar-refractivity contribution < 1.29 is 28.6 Å². The van der Waals surface area contributed by atoms with Crippen molar-refractivity contribution in [1.29, 1.82) is 0 Å². The molecule has 1 aliphatic heterocycles. The van der Waals surface area contributed by atoms with Crippen LogP contribution in [0.2, 0.25) is 0 Å². The van der Waals surface area contributed by atoms with Crippen molar-refractivity contribution in [3.05, 3.63) is 56.9 Å². The van der Waals surface area contributed by atoms with Crippen LogP contribution in [0.3, 0.4) is 0 Å². The van der Waals surface area contributed by atoms with Crippen molar-refractivity contribution in [2.24, 2.45) is 10.7 Å². The van der Waals surface area contributed by atoms with E-state index >= 15 is 0 Å². The number of primary amides is 1. The molecular weight excluding hydrogens is 538 g/mol. The van der Waals surface area contributed by atoms with Crippen LogP contribution in [-0.4, -0.2) is 54.7 Å². The van der Waals surface area contributed by atoms with Crippen molar-refractivity contribution in [3.8, 4) is 11.5 Å². The fraction of sp³-hybridized carbons (Fsp3) is 0.250. The highest BCUT2D eigenvalue weighted by Gasteiger charge is 2.30. The van der Waals surface area contributed by atoms with Crippen LogP contribution in [0, 0.1) is 0 Å². The number of carbonyl (C=O) groups excluding carboxylic acids is 3. The van der Waals surface area contributed by atoms with E-state index in [1.165, 1.54) is 16.7 Å². The summed E-state index contributed by atoms with van der Waals surface area (Å²) in [4.78, 5) is 42.4. The maximum Gasteiger partial charge on any atom is 0.338 e. The monoisotopic (exact) mass is 561 g/mol. The number of nitrogens with zero attached hydrogens (tertiary/aromatic N) is 2. The predicted molar refractivity (Wildman–Crippen MR) is 138 cm³/mol. The van der Waals surface area contributed by atoms with E-state index in [1.54, 1.807) is 56.4 Å². The van der Waals surface area contributed by atoms with E-state index < -0.39 is 11.9 Å². The lowest BCUT2D eigenvalue weighted by Gasteiger charge is -2.14. The Morgan fingerprint density at radius 1 is 1.17 bits per heavy atom. The zero-order valence-corrected chi connectivity index (χ0v) is 21.8. The lowest BCUT2D eigenvalue weighted by atomic mass is 10.2. The summed E-state index contributed by atoms with van der Waals surface area (Å²) in [5, 5.41) is 0.466. The zero-order chi connectivity index (χ0) is 25.5. The molecule has 0 spiro atoms. The third-order valence-electron chi connectivity index (χ3n) is 4.57. The summed E-state index contributed by atoms with van der Waals surface area (Å²) in [5.41, 5.74) is 6.77. The van der Waals surface area contributed by atoms with E-state index in [0.29, 0.717) is 49.5 Å². The summed E-state index contributed by atoms with van der Waals surface area (Å²) in [5.74, 6) is -0.514. The Labute approximate surface area is 215 Å². The molecule has 0 aliphatic carbocycles. The Bertz CT molecular complexity index is 1210. The maximum atomic E-state index is 12.9. The van der Waals surface area contributed by atoms with E-state index in [4.69, 9.17) is 19.9 Å². The minimum Gasteiger partial charge on any atom is -0.490 e. The Kier molecular flexibility index (Phi) is 8.94. The molecule has 0 bridgehead atoms. The Morgan fingerprint density at radius 2 is 1.94 bits per heavy atom. The lowest BCUT2D eigenvalue weighted by Crippen LogP contribution is -2.23. The standard InChI is InChI=1S/C24H24BrN3O6S/c1-4-32-18-10-14(9-17(25)21(18)34-13-20(26)29)11-19-22(30)28(3)24(35-19)27-16-8-6-7-15(12-16)23(31)33-5-2/h6-12H,4-5,13H2,1-3H3,(H2,26,29). The van der Waals surface area contributed by atoms with Gasteiger partial charge in [0.1, 0.15) is 0 Å². The van der Waals surface area contributed by atoms with Gasteiger partial charge in [0.15, 0.2) is 23.3 Å². The number of aliphatic imine (C=N–C) groups is 1. The molecule has 1 aliphatic rings. The molecule has 9 nitrogen and oxygen atoms in total. The first kappa shape index (κ1) is 26.3. The second-order valence-electron chi connectivity index (χ2n) is 7.16. The highest BCUT2D eigenvalue weighted by Crippen LogP contribution is 2.39. The summed E-state index contributed by atoms with van der Waals surface area (Å²) in [6.07, 6.45) is 1.71. The third kappa shape index (κ3) is 6.64. The fourth-order valence-electron chi connectivity index (χ4n) is 3.05. The summed E-state index contributed by atoms with van der Waals surface area (Å²) >= 11 is 4.64. The highest BCUT2D eigenvalue weighted by atomic mass is 79.9. The number of ether oxygens (including phenoxy) is 3. The van der Waals surface area contributed by atoms with E-state index in [0.717, 1.165) is 0 Å². The van der Waals surface area contributed by atoms with E-state index in [2.05, 4.69) is 20.9 Å². The number of amidine groups is 1. The number of thioether (sulfide) groups is 1. The molecule has 11 heteroatoms. The molecule has 2 amide bonds. The minimum atomic E-state index is -0.610. The number of halogens is 1. The zero-order valence-electron chi connectivity index (χ0n) is 19.4. The van der Waals surface area contributed by atoms with Gasteiger partial charge in [0.25, 0.3) is 11.8 Å². The Hall–Kier alpha value is -3.31. The van der Waals surface area contributed by atoms with Gasteiger partial charge in [-0.05, 0) is 83.5 Å². The second kappa shape index (κ2) is 11.9. The van der Waals surface area contributed by atoms with E-state index in [9.17, 15) is 14.4 Å². The predicted octanol–water partition coefficient (Wildman–Crippen LogP) is 4.12. The first-order valence-electron chi connectivity index (χ1n) is 10.6. The van der Waals surface area contributed by atoms with Crippen LogP contribution in [0.4, 0.5) is 5.69 Å². The lowest BCUT2D eigenvalue weighted by molar-refractivity contribution is -0.121. The summed E-state index contributed by atoms with van der Waals surface area (Å²) in [6.45, 7) is 3.91. The van der Waals surface area contributed by atoms with Crippen molar-refractivity contribution in [2.75, 3.05) is 26.9 Å². The van der Waals surface area contributed by atoms with E-state index in [-0.39, 0.29) is 19.1 Å². The maximum absolute atomic E-state index is 12.9. The molecular formula is C24H24BrN3O6S. The number of nitrogens with two attached hydrogens (primary N) is 1. The van der Waals surface area contributed by atoms with Crippen LogP contribution in [-0.2, 0) is 14.3 Å². The molecule has 0 radical (unpaired) electrons. The third-order valence-corrected chi connectivity index (χ3v) is 6.22. The first-order chi connectivity index (χ1) is 16.7. The molecule has 2 aromatic carbocycles. The average molecular weight is 562 g/mol. The number of esters is 1. The number of rotatable bonds is 9. The molecule has 0 aromatic heterocycles. The van der Waals surface area contributed by atoms with Gasteiger partial charge >= 0.3 is 5.97 Å². The Morgan fingerprint density at radius 3 is 2.63 bits per heavy atom. The molecule has 35 heavy (non-hydrogen) atoms. The number of benzene rings is 2. The number of amides is 2. The fourth-order valence-corrected chi connectivity index (χ4v) is 4.61. The smallest absolute Gasteiger partial charge is 0.338 e. The topological polar surface area (TPSA) is 121 Å². The quantitative estimate of drug-likeness (QED) is 0.361. The molecule has 0 atom stereocenters. The Balaban J connectivity index is 1.89. The molecule has 0 unspecified atom stereocenters. The second-order valence-corrected chi connectivity index (χ2v) is 9.02. The average Bonchev–Trinajstić information content (AvgIpc) is 3.06. The van der Waals surface area contributed by atoms with Gasteiger partial charge in [0.2, 0.25) is 0 Å². The normalized spacial score (nSPS) is 15.5. The van der Waals surface area contributed by atoms with Crippen LogP contribution in [0.5, 0.6) is 11.5 Å². The van der Waals surface area contributed by atoms with Crippen molar-refractivity contribution in [2.45, 2.75) is 13.8 Å². The van der Waals surface area contributed by atoms with Gasteiger partial charge in [-0.2, -0.15) is 0 Å². The largest absolute Gasteiger partial charge is 0.490 e. The van der Waals surface area contributed by atoms with Crippen molar-refractivity contribution in [1.82, 2.24) is 4.90 Å². The van der Waals surface area contributed by atoms with Gasteiger partial charge in [-0.15, -0.1) is 0 Å². The van der Waals surface area contributed by atoms with Crippen LogP contribution in [0.25, 0.3) is 6.08 Å². The van der Waals surface area contributed by atoms with Gasteiger partial charge in [0.05, 0.1) is 33.8 Å². The molecule has 1 heterocycles. The van der Waals surface area contributed by atoms with Crippen LogP contribution >= 0.6 is 27.7 Å². The summed E-state index contributed by atoms with van der Waals surface area (Å²) < 4.78 is 16.7. The first-order valence-corrected chi connectivity index (χ1v) is 12.2. The van der Waals surface area contributed by atoms with Crippen LogP contribution in [0.15, 0.2) is 50.8 Å². The highest BCUT2D eigenvalue weighted by molar-refractivity contribution is 9.10. The molecule has 1 saturated heterocycles. The van der Waals surface area contributed by atoms with Gasteiger partial charge in [-0.25, -0.2) is 9.79 Å². The van der Waals surface area contributed by atoms with Gasteiger partial charge in [0, 0.05) is 7.05 Å². The van der Waals surface area contributed by atoms with Crippen molar-refractivity contribution >= 4 is 62.4 Å². The summed E-state index contributed by atoms with van der Waals surface area (Å²) in [6, 6.07) is 10.2. The SMILES string of the molecule is CCOC(=O)c1cccc(N=C2SC(=Cc3cc(Br)c(OCC(N)=O)c(OCC)c3)C(=O)N2C)c1. The van der Waals surface area contributed by atoms with Gasteiger partial charge in [-0.3, -0.25) is 14.5 Å². The molecule has 0 saturated carbocycles. The van der Waals surface area contributed by atoms with E-state index in [1.807, 2.05) is 6.92 Å².